The van der Waals surface area contributed by atoms with Crippen LogP contribution in [0.5, 0.6) is 5.75 Å². The van der Waals surface area contributed by atoms with E-state index in [1.165, 1.54) is 11.1 Å². The molecule has 1 amide bonds. The monoisotopic (exact) mass is 247 g/mol. The molecule has 0 aliphatic carbocycles. The first-order valence-corrected chi connectivity index (χ1v) is 6.20. The van der Waals surface area contributed by atoms with Gasteiger partial charge in [0.2, 0.25) is 5.91 Å². The van der Waals surface area contributed by atoms with Crippen molar-refractivity contribution in [2.45, 2.75) is 26.7 Å². The van der Waals surface area contributed by atoms with Crippen LogP contribution in [0, 0.1) is 13.8 Å². The Bertz CT molecular complexity index is 393. The van der Waals surface area contributed by atoms with E-state index >= 15 is 0 Å². The van der Waals surface area contributed by atoms with Gasteiger partial charge in [0.25, 0.3) is 0 Å². The van der Waals surface area contributed by atoms with Crippen molar-refractivity contribution in [3.8, 4) is 5.75 Å². The molecular formula is C15H21NO2. The van der Waals surface area contributed by atoms with Crippen molar-refractivity contribution < 1.29 is 9.53 Å². The Morgan fingerprint density at radius 1 is 1.33 bits per heavy atom. The van der Waals surface area contributed by atoms with Crippen LogP contribution in [0.15, 0.2) is 30.9 Å². The summed E-state index contributed by atoms with van der Waals surface area (Å²) in [6.45, 7) is 8.71. The Balaban J connectivity index is 2.28. The highest BCUT2D eigenvalue weighted by Crippen LogP contribution is 2.16. The molecule has 1 N–H and O–H groups in total. The molecule has 0 aliphatic rings. The van der Waals surface area contributed by atoms with Gasteiger partial charge in [0.15, 0.2) is 0 Å². The minimum Gasteiger partial charge on any atom is -0.493 e. The Labute approximate surface area is 109 Å². The maximum Gasteiger partial charge on any atom is 0.223 e. The average Bonchev–Trinajstić information content (AvgIpc) is 2.28. The van der Waals surface area contributed by atoms with Crippen LogP contribution in [0.2, 0.25) is 0 Å². The van der Waals surface area contributed by atoms with Gasteiger partial charge in [0.1, 0.15) is 5.75 Å². The van der Waals surface area contributed by atoms with E-state index in [-0.39, 0.29) is 5.91 Å². The molecule has 3 nitrogen and oxygen atoms in total. The lowest BCUT2D eigenvalue weighted by atomic mass is 10.1. The minimum atomic E-state index is 0.0150. The maximum absolute atomic E-state index is 11.4. The van der Waals surface area contributed by atoms with E-state index in [0.717, 1.165) is 12.2 Å². The lowest BCUT2D eigenvalue weighted by Crippen LogP contribution is -2.25. The molecule has 0 radical (unpaired) electrons. The third-order valence-corrected chi connectivity index (χ3v) is 2.46. The smallest absolute Gasteiger partial charge is 0.223 e. The highest BCUT2D eigenvalue weighted by Gasteiger charge is 2.01. The van der Waals surface area contributed by atoms with E-state index in [9.17, 15) is 4.79 Å². The second-order valence-electron chi connectivity index (χ2n) is 4.35. The van der Waals surface area contributed by atoms with E-state index in [0.29, 0.717) is 19.6 Å². The molecule has 1 rings (SSSR count). The number of carbonyl (C=O) groups is 1. The van der Waals surface area contributed by atoms with E-state index in [4.69, 9.17) is 4.74 Å². The summed E-state index contributed by atoms with van der Waals surface area (Å²) < 4.78 is 5.56. The first-order chi connectivity index (χ1) is 8.61. The fourth-order valence-electron chi connectivity index (χ4n) is 1.68. The summed E-state index contributed by atoms with van der Waals surface area (Å²) in [6, 6.07) is 6.04. The topological polar surface area (TPSA) is 38.3 Å². The number of aryl methyl sites for hydroxylation is 2. The minimum absolute atomic E-state index is 0.0150. The summed E-state index contributed by atoms with van der Waals surface area (Å²) >= 11 is 0. The van der Waals surface area contributed by atoms with Gasteiger partial charge in [-0.15, -0.1) is 6.58 Å². The third kappa shape index (κ3) is 5.53. The van der Waals surface area contributed by atoms with Gasteiger partial charge >= 0.3 is 0 Å². The molecule has 0 fully saturated rings. The molecule has 0 aromatic heterocycles. The quantitative estimate of drug-likeness (QED) is 0.594. The summed E-state index contributed by atoms with van der Waals surface area (Å²) in [5.41, 5.74) is 2.33. The van der Waals surface area contributed by atoms with Crippen LogP contribution < -0.4 is 10.1 Å². The van der Waals surface area contributed by atoms with Crippen molar-refractivity contribution in [1.82, 2.24) is 5.32 Å². The highest BCUT2D eigenvalue weighted by molar-refractivity contribution is 5.75. The van der Waals surface area contributed by atoms with Gasteiger partial charge in [-0.2, -0.15) is 0 Å². The molecule has 0 saturated heterocycles. The van der Waals surface area contributed by atoms with Crippen LogP contribution >= 0.6 is 0 Å². The summed E-state index contributed by atoms with van der Waals surface area (Å²) in [4.78, 5) is 11.4. The van der Waals surface area contributed by atoms with Crippen LogP contribution in [-0.2, 0) is 4.79 Å². The van der Waals surface area contributed by atoms with Crippen LogP contribution in [-0.4, -0.2) is 19.1 Å². The maximum atomic E-state index is 11.4. The van der Waals surface area contributed by atoms with E-state index < -0.39 is 0 Å². The average molecular weight is 247 g/mol. The second kappa shape index (κ2) is 7.54. The molecule has 0 atom stereocenters. The number of amides is 1. The predicted octanol–water partition coefficient (Wildman–Crippen LogP) is 2.76. The summed E-state index contributed by atoms with van der Waals surface area (Å²) in [7, 11) is 0. The Hall–Kier alpha value is -1.77. The van der Waals surface area contributed by atoms with E-state index in [1.807, 2.05) is 26.0 Å². The zero-order valence-corrected chi connectivity index (χ0v) is 11.2. The number of hydrogen-bond acceptors (Lipinski definition) is 2. The van der Waals surface area contributed by atoms with Gasteiger partial charge in [-0.25, -0.2) is 0 Å². The number of benzene rings is 1. The molecule has 0 bridgehead atoms. The van der Waals surface area contributed by atoms with Gasteiger partial charge in [-0.3, -0.25) is 4.79 Å². The lowest BCUT2D eigenvalue weighted by molar-refractivity contribution is -0.121. The second-order valence-corrected chi connectivity index (χ2v) is 4.35. The lowest BCUT2D eigenvalue weighted by Gasteiger charge is -2.08. The zero-order valence-electron chi connectivity index (χ0n) is 11.2. The van der Waals surface area contributed by atoms with Crippen molar-refractivity contribution in [2.24, 2.45) is 0 Å². The van der Waals surface area contributed by atoms with Crippen LogP contribution in [0.1, 0.15) is 24.0 Å². The van der Waals surface area contributed by atoms with Crippen LogP contribution in [0.3, 0.4) is 0 Å². The Morgan fingerprint density at radius 3 is 2.61 bits per heavy atom. The number of nitrogens with one attached hydrogen (secondary N) is 1. The molecular weight excluding hydrogens is 226 g/mol. The van der Waals surface area contributed by atoms with E-state index in [1.54, 1.807) is 6.08 Å². The van der Waals surface area contributed by atoms with E-state index in [2.05, 4.69) is 18.0 Å². The molecule has 0 saturated carbocycles. The third-order valence-electron chi connectivity index (χ3n) is 2.46. The summed E-state index contributed by atoms with van der Waals surface area (Å²) in [5.74, 6) is 0.840. The SMILES string of the molecule is C=CCCNC(=O)CCOc1cc(C)cc(C)c1. The molecule has 0 heterocycles. The first kappa shape index (κ1) is 14.3. The highest BCUT2D eigenvalue weighted by atomic mass is 16.5. The molecule has 1 aromatic rings. The molecule has 0 aliphatic heterocycles. The summed E-state index contributed by atoms with van der Waals surface area (Å²) in [6.07, 6.45) is 2.96. The molecule has 0 unspecified atom stereocenters. The van der Waals surface area contributed by atoms with Crippen molar-refractivity contribution in [2.75, 3.05) is 13.2 Å². The predicted molar refractivity (Wildman–Crippen MR) is 73.9 cm³/mol. The number of ether oxygens (including phenoxy) is 1. The van der Waals surface area contributed by atoms with Crippen molar-refractivity contribution in [3.05, 3.63) is 42.0 Å². The Kier molecular flexibility index (Phi) is 5.98. The zero-order chi connectivity index (χ0) is 13.4. The molecule has 3 heteroatoms. The summed E-state index contributed by atoms with van der Waals surface area (Å²) in [5, 5.41) is 2.80. The molecule has 0 spiro atoms. The van der Waals surface area contributed by atoms with Gasteiger partial charge in [-0.1, -0.05) is 12.1 Å². The van der Waals surface area contributed by atoms with Gasteiger partial charge < -0.3 is 10.1 Å². The fraction of sp³-hybridized carbons (Fsp3) is 0.400. The molecule has 1 aromatic carbocycles. The number of carbonyl (C=O) groups excluding carboxylic acids is 1. The normalized spacial score (nSPS) is 9.89. The number of hydrogen-bond donors (Lipinski definition) is 1. The standard InChI is InChI=1S/C15H21NO2/c1-4-5-7-16-15(17)6-8-18-14-10-12(2)9-13(3)11-14/h4,9-11H,1,5-8H2,2-3H3,(H,16,17). The number of rotatable bonds is 7. The van der Waals surface area contributed by atoms with Crippen molar-refractivity contribution in [3.63, 3.8) is 0 Å². The van der Waals surface area contributed by atoms with Crippen LogP contribution in [0.25, 0.3) is 0 Å². The largest absolute Gasteiger partial charge is 0.493 e. The molecule has 18 heavy (non-hydrogen) atoms. The first-order valence-electron chi connectivity index (χ1n) is 6.20. The Morgan fingerprint density at radius 2 is 2.00 bits per heavy atom. The van der Waals surface area contributed by atoms with Crippen molar-refractivity contribution in [1.29, 1.82) is 0 Å². The van der Waals surface area contributed by atoms with Crippen LogP contribution in [0.4, 0.5) is 0 Å². The molecule has 98 valence electrons. The van der Waals surface area contributed by atoms with Gasteiger partial charge in [-0.05, 0) is 43.5 Å². The van der Waals surface area contributed by atoms with Gasteiger partial charge in [0.05, 0.1) is 13.0 Å². The fourth-order valence-corrected chi connectivity index (χ4v) is 1.68. The van der Waals surface area contributed by atoms with Crippen molar-refractivity contribution >= 4 is 5.91 Å². The van der Waals surface area contributed by atoms with Gasteiger partial charge in [0, 0.05) is 6.54 Å².